The largest absolute Gasteiger partial charge is 0.328 e. The van der Waals surface area contributed by atoms with Crippen molar-refractivity contribution in [3.63, 3.8) is 0 Å². The van der Waals surface area contributed by atoms with Crippen LogP contribution in [-0.2, 0) is 20.1 Å². The van der Waals surface area contributed by atoms with E-state index in [0.717, 1.165) is 22.3 Å². The van der Waals surface area contributed by atoms with Gasteiger partial charge in [-0.25, -0.2) is 4.79 Å². The molecule has 0 saturated heterocycles. The maximum atomic E-state index is 12.8. The topological polar surface area (TPSA) is 44.8 Å². The van der Waals surface area contributed by atoms with Crippen LogP contribution in [0.25, 0.3) is 22.3 Å². The molecule has 144 valence electrons. The summed E-state index contributed by atoms with van der Waals surface area (Å²) in [7, 11) is 1.84. The fraction of sp³-hybridized carbons (Fsp3) is 0.304. The normalized spacial score (nSPS) is 12.0. The third kappa shape index (κ3) is 3.40. The lowest BCUT2D eigenvalue weighted by Gasteiger charge is -2.18. The van der Waals surface area contributed by atoms with Crippen molar-refractivity contribution in [3.8, 4) is 11.3 Å². The lowest BCUT2D eigenvalue weighted by molar-refractivity contribution is 0.342. The van der Waals surface area contributed by atoms with E-state index >= 15 is 0 Å². The SMILES string of the molecule is Cn1c(=O)n(CC(C)(C)C)c2ccc(-c3ccnn3Cc3ccccc3)cc21. The van der Waals surface area contributed by atoms with Gasteiger partial charge in [0.1, 0.15) is 0 Å². The van der Waals surface area contributed by atoms with E-state index < -0.39 is 0 Å². The standard InChI is InChI=1S/C23H26N4O/c1-23(2,3)16-26-20-11-10-18(14-21(20)25(4)22(26)28)19-12-13-24-27(19)15-17-8-6-5-7-9-17/h5-14H,15-16H2,1-4H3. The van der Waals surface area contributed by atoms with Gasteiger partial charge in [0.2, 0.25) is 0 Å². The molecule has 0 unspecified atom stereocenters. The van der Waals surface area contributed by atoms with Crippen molar-refractivity contribution in [3.05, 3.63) is 76.8 Å². The van der Waals surface area contributed by atoms with Crippen LogP contribution in [0.5, 0.6) is 0 Å². The van der Waals surface area contributed by atoms with Gasteiger partial charge in [0.05, 0.1) is 23.3 Å². The Balaban J connectivity index is 1.77. The summed E-state index contributed by atoms with van der Waals surface area (Å²) in [5.74, 6) is 0. The van der Waals surface area contributed by atoms with Gasteiger partial charge in [-0.1, -0.05) is 57.2 Å². The summed E-state index contributed by atoms with van der Waals surface area (Å²) in [6, 6.07) is 18.6. The van der Waals surface area contributed by atoms with Crippen LogP contribution >= 0.6 is 0 Å². The first-order valence-corrected chi connectivity index (χ1v) is 9.59. The zero-order chi connectivity index (χ0) is 19.9. The lowest BCUT2D eigenvalue weighted by atomic mass is 9.97. The Morgan fingerprint density at radius 1 is 0.964 bits per heavy atom. The molecule has 2 aromatic carbocycles. The molecular formula is C23H26N4O. The van der Waals surface area contributed by atoms with E-state index in [1.807, 2.05) is 46.8 Å². The molecule has 0 aliphatic heterocycles. The molecule has 0 atom stereocenters. The number of aryl methyl sites for hydroxylation is 1. The second-order valence-corrected chi connectivity index (χ2v) is 8.55. The predicted molar refractivity (Wildman–Crippen MR) is 113 cm³/mol. The summed E-state index contributed by atoms with van der Waals surface area (Å²) >= 11 is 0. The molecular weight excluding hydrogens is 348 g/mol. The number of nitrogens with zero attached hydrogens (tertiary/aromatic N) is 4. The first-order valence-electron chi connectivity index (χ1n) is 9.59. The van der Waals surface area contributed by atoms with Crippen LogP contribution in [-0.4, -0.2) is 18.9 Å². The van der Waals surface area contributed by atoms with Crippen LogP contribution in [0, 0.1) is 5.41 Å². The maximum absolute atomic E-state index is 12.8. The quantitative estimate of drug-likeness (QED) is 0.535. The Bertz CT molecular complexity index is 1170. The minimum Gasteiger partial charge on any atom is -0.295 e. The molecule has 0 fully saturated rings. The van der Waals surface area contributed by atoms with E-state index in [2.05, 4.69) is 56.2 Å². The molecule has 5 nitrogen and oxygen atoms in total. The van der Waals surface area contributed by atoms with E-state index in [-0.39, 0.29) is 11.1 Å². The fourth-order valence-corrected chi connectivity index (χ4v) is 3.65. The summed E-state index contributed by atoms with van der Waals surface area (Å²) in [6.45, 7) is 7.85. The number of fused-ring (bicyclic) bond motifs is 1. The zero-order valence-electron chi connectivity index (χ0n) is 16.9. The van der Waals surface area contributed by atoms with Gasteiger partial charge in [-0.3, -0.25) is 13.8 Å². The Morgan fingerprint density at radius 2 is 1.71 bits per heavy atom. The van der Waals surface area contributed by atoms with Gasteiger partial charge in [0.15, 0.2) is 0 Å². The molecule has 0 radical (unpaired) electrons. The highest BCUT2D eigenvalue weighted by molar-refractivity contribution is 5.82. The lowest BCUT2D eigenvalue weighted by Crippen LogP contribution is -2.27. The number of hydrogen-bond acceptors (Lipinski definition) is 2. The third-order valence-corrected chi connectivity index (χ3v) is 4.97. The van der Waals surface area contributed by atoms with Crippen molar-refractivity contribution in [2.75, 3.05) is 0 Å². The zero-order valence-corrected chi connectivity index (χ0v) is 16.9. The van der Waals surface area contributed by atoms with Gasteiger partial charge in [0.25, 0.3) is 0 Å². The van der Waals surface area contributed by atoms with E-state index in [9.17, 15) is 4.79 Å². The van der Waals surface area contributed by atoms with Gasteiger partial charge in [-0.2, -0.15) is 5.10 Å². The molecule has 0 aliphatic carbocycles. The Labute approximate surface area is 164 Å². The van der Waals surface area contributed by atoms with Crippen LogP contribution in [0.2, 0.25) is 0 Å². The fourth-order valence-electron chi connectivity index (χ4n) is 3.65. The predicted octanol–water partition coefficient (Wildman–Crippen LogP) is 4.30. The summed E-state index contributed by atoms with van der Waals surface area (Å²) in [5.41, 5.74) is 5.29. The average molecular weight is 374 g/mol. The van der Waals surface area contributed by atoms with Crippen LogP contribution in [0.1, 0.15) is 26.3 Å². The van der Waals surface area contributed by atoms with Gasteiger partial charge in [-0.05, 0) is 29.2 Å². The number of hydrogen-bond donors (Lipinski definition) is 0. The minimum absolute atomic E-state index is 0.0277. The summed E-state index contributed by atoms with van der Waals surface area (Å²) in [6.07, 6.45) is 1.83. The van der Waals surface area contributed by atoms with Crippen LogP contribution < -0.4 is 5.69 Å². The highest BCUT2D eigenvalue weighted by Crippen LogP contribution is 2.26. The monoisotopic (exact) mass is 374 g/mol. The van der Waals surface area contributed by atoms with Crippen molar-refractivity contribution in [1.29, 1.82) is 0 Å². The molecule has 0 bridgehead atoms. The molecule has 4 aromatic rings. The highest BCUT2D eigenvalue weighted by Gasteiger charge is 2.18. The van der Waals surface area contributed by atoms with Gasteiger partial charge >= 0.3 is 5.69 Å². The van der Waals surface area contributed by atoms with E-state index in [0.29, 0.717) is 13.1 Å². The van der Waals surface area contributed by atoms with Crippen molar-refractivity contribution >= 4 is 11.0 Å². The summed E-state index contributed by atoms with van der Waals surface area (Å²) in [4.78, 5) is 12.8. The second kappa shape index (κ2) is 6.82. The number of imidazole rings is 1. The van der Waals surface area contributed by atoms with Gasteiger partial charge < -0.3 is 0 Å². The maximum Gasteiger partial charge on any atom is 0.328 e. The third-order valence-electron chi connectivity index (χ3n) is 4.97. The Kier molecular flexibility index (Phi) is 4.46. The van der Waals surface area contributed by atoms with E-state index in [4.69, 9.17) is 0 Å². The number of benzene rings is 2. The molecule has 5 heteroatoms. The van der Waals surface area contributed by atoms with Crippen molar-refractivity contribution < 1.29 is 0 Å². The molecule has 0 saturated carbocycles. The number of rotatable bonds is 4. The Morgan fingerprint density at radius 3 is 2.43 bits per heavy atom. The smallest absolute Gasteiger partial charge is 0.295 e. The molecule has 4 rings (SSSR count). The first kappa shape index (κ1) is 18.3. The van der Waals surface area contributed by atoms with Gasteiger partial charge in [0, 0.05) is 25.4 Å². The first-order chi connectivity index (χ1) is 13.3. The van der Waals surface area contributed by atoms with Crippen LogP contribution in [0.15, 0.2) is 65.6 Å². The second-order valence-electron chi connectivity index (χ2n) is 8.55. The Hall–Kier alpha value is -3.08. The molecule has 0 aliphatic rings. The van der Waals surface area contributed by atoms with E-state index in [1.165, 1.54) is 5.56 Å². The summed E-state index contributed by atoms with van der Waals surface area (Å²) in [5, 5.41) is 4.50. The molecule has 2 heterocycles. The molecule has 2 aromatic heterocycles. The van der Waals surface area contributed by atoms with Crippen LogP contribution in [0.4, 0.5) is 0 Å². The highest BCUT2D eigenvalue weighted by atomic mass is 16.1. The van der Waals surface area contributed by atoms with Crippen molar-refractivity contribution in [2.45, 2.75) is 33.9 Å². The number of aromatic nitrogens is 4. The van der Waals surface area contributed by atoms with Crippen LogP contribution in [0.3, 0.4) is 0 Å². The minimum atomic E-state index is 0.0277. The molecule has 0 N–H and O–H groups in total. The van der Waals surface area contributed by atoms with Gasteiger partial charge in [-0.15, -0.1) is 0 Å². The molecule has 0 amide bonds. The molecule has 0 spiro atoms. The molecule has 28 heavy (non-hydrogen) atoms. The van der Waals surface area contributed by atoms with Crippen molar-refractivity contribution in [1.82, 2.24) is 18.9 Å². The van der Waals surface area contributed by atoms with Crippen molar-refractivity contribution in [2.24, 2.45) is 12.5 Å². The van der Waals surface area contributed by atoms with E-state index in [1.54, 1.807) is 4.57 Å². The average Bonchev–Trinajstić information content (AvgIpc) is 3.20. The summed E-state index contributed by atoms with van der Waals surface area (Å²) < 4.78 is 5.61.